The number of nitrogens with zero attached hydrogens (tertiary/aromatic N) is 6. The number of hydrogen-bond donors (Lipinski definition) is 0. The fourth-order valence-electron chi connectivity index (χ4n) is 3.54. The summed E-state index contributed by atoms with van der Waals surface area (Å²) in [4.78, 5) is 16.7. The third-order valence-corrected chi connectivity index (χ3v) is 5.36. The summed E-state index contributed by atoms with van der Waals surface area (Å²) in [5, 5.41) is 9.31. The second-order valence-corrected chi connectivity index (χ2v) is 8.03. The highest BCUT2D eigenvalue weighted by Crippen LogP contribution is 2.25. The highest BCUT2D eigenvalue weighted by molar-refractivity contribution is 6.30. The van der Waals surface area contributed by atoms with Crippen molar-refractivity contribution in [3.63, 3.8) is 0 Å². The Morgan fingerprint density at radius 1 is 1.10 bits per heavy atom. The molecule has 0 unspecified atom stereocenters. The molecule has 0 atom stereocenters. The van der Waals surface area contributed by atoms with Gasteiger partial charge in [-0.15, -0.1) is 0 Å². The van der Waals surface area contributed by atoms with Gasteiger partial charge < -0.3 is 4.90 Å². The first-order valence-corrected chi connectivity index (χ1v) is 10.2. The lowest BCUT2D eigenvalue weighted by Gasteiger charge is -2.34. The molecule has 1 saturated heterocycles. The topological polar surface area (TPSA) is 59.2 Å². The monoisotopic (exact) mass is 412 g/mol. The van der Waals surface area contributed by atoms with E-state index in [1.165, 1.54) is 16.4 Å². The molecule has 1 fully saturated rings. The molecule has 3 heterocycles. The van der Waals surface area contributed by atoms with Gasteiger partial charge >= 0.3 is 6.03 Å². The summed E-state index contributed by atoms with van der Waals surface area (Å²) in [5.41, 5.74) is 3.37. The molecule has 7 nitrogen and oxygen atoms in total. The molecule has 4 rings (SSSR count). The summed E-state index contributed by atoms with van der Waals surface area (Å²) >= 11 is 5.88. The molecule has 8 heteroatoms. The van der Waals surface area contributed by atoms with Crippen molar-refractivity contribution >= 4 is 17.6 Å². The second-order valence-electron chi connectivity index (χ2n) is 7.59. The third-order valence-electron chi connectivity index (χ3n) is 5.17. The van der Waals surface area contributed by atoms with Crippen molar-refractivity contribution in [1.82, 2.24) is 29.4 Å². The van der Waals surface area contributed by atoms with Crippen molar-refractivity contribution in [1.29, 1.82) is 0 Å². The molecule has 0 aliphatic carbocycles. The van der Waals surface area contributed by atoms with Gasteiger partial charge in [-0.2, -0.15) is 14.9 Å². The van der Waals surface area contributed by atoms with Crippen LogP contribution in [0.15, 0.2) is 48.9 Å². The number of hydrogen-bond acceptors (Lipinski definition) is 4. The van der Waals surface area contributed by atoms with Crippen molar-refractivity contribution in [3.05, 3.63) is 59.5 Å². The van der Waals surface area contributed by atoms with Gasteiger partial charge in [-0.25, -0.2) is 4.79 Å². The average Bonchev–Trinajstić information content (AvgIpc) is 3.35. The molecule has 152 valence electrons. The lowest BCUT2D eigenvalue weighted by molar-refractivity contribution is 0.134. The van der Waals surface area contributed by atoms with Gasteiger partial charge in [0.05, 0.1) is 23.1 Å². The van der Waals surface area contributed by atoms with Crippen LogP contribution in [-0.4, -0.2) is 61.6 Å². The smallest absolute Gasteiger partial charge is 0.320 e. The largest absolute Gasteiger partial charge is 0.344 e. The minimum atomic E-state index is -0.130. The van der Waals surface area contributed by atoms with E-state index in [4.69, 9.17) is 16.7 Å². The Balaban J connectivity index is 1.45. The molecule has 1 aliphatic rings. The first-order chi connectivity index (χ1) is 14.0. The summed E-state index contributed by atoms with van der Waals surface area (Å²) in [6.45, 7) is 8.02. The van der Waals surface area contributed by atoms with E-state index in [2.05, 4.69) is 42.2 Å². The number of carbonyl (C=O) groups excluding carboxylic acids is 1. The van der Waals surface area contributed by atoms with Gasteiger partial charge in [0.25, 0.3) is 0 Å². The molecule has 0 N–H and O–H groups in total. The quantitative estimate of drug-likeness (QED) is 0.654. The molecule has 0 spiro atoms. The highest BCUT2D eigenvalue weighted by atomic mass is 35.5. The Morgan fingerprint density at radius 2 is 1.83 bits per heavy atom. The molecule has 0 saturated carbocycles. The number of piperazine rings is 1. The molecule has 1 aromatic carbocycles. The van der Waals surface area contributed by atoms with Gasteiger partial charge in [0.15, 0.2) is 0 Å². The predicted molar refractivity (Wildman–Crippen MR) is 113 cm³/mol. The van der Waals surface area contributed by atoms with Crippen LogP contribution in [0.25, 0.3) is 11.3 Å². The van der Waals surface area contributed by atoms with E-state index in [1.54, 1.807) is 6.20 Å². The number of carbonyl (C=O) groups is 1. The fraction of sp³-hybridized carbons (Fsp3) is 0.381. The maximum absolute atomic E-state index is 12.5. The lowest BCUT2D eigenvalue weighted by atomic mass is 10.1. The van der Waals surface area contributed by atoms with Crippen LogP contribution in [0.2, 0.25) is 5.02 Å². The number of benzene rings is 1. The Hall–Kier alpha value is -2.64. The van der Waals surface area contributed by atoms with Crippen LogP contribution in [0.5, 0.6) is 0 Å². The summed E-state index contributed by atoms with van der Waals surface area (Å²) in [7, 11) is 0. The van der Waals surface area contributed by atoms with Gasteiger partial charge in [0, 0.05) is 56.1 Å². The molecule has 2 aromatic heterocycles. The summed E-state index contributed by atoms with van der Waals surface area (Å²) in [5.74, 6) is 0. The van der Waals surface area contributed by atoms with Crippen LogP contribution in [0.3, 0.4) is 0 Å². The predicted octanol–water partition coefficient (Wildman–Crippen LogP) is 3.77. The number of halogens is 1. The van der Waals surface area contributed by atoms with Crippen LogP contribution in [-0.2, 0) is 6.54 Å². The normalized spacial score (nSPS) is 15.2. The van der Waals surface area contributed by atoms with Crippen molar-refractivity contribution in [2.24, 2.45) is 0 Å². The number of amides is 1. The Morgan fingerprint density at radius 3 is 2.45 bits per heavy atom. The van der Waals surface area contributed by atoms with Gasteiger partial charge in [-0.3, -0.25) is 9.58 Å². The number of aromatic nitrogens is 4. The lowest BCUT2D eigenvalue weighted by Crippen LogP contribution is -2.49. The Labute approximate surface area is 175 Å². The van der Waals surface area contributed by atoms with E-state index in [0.717, 1.165) is 30.9 Å². The van der Waals surface area contributed by atoms with Gasteiger partial charge in [-0.05, 0) is 13.8 Å². The molecule has 0 radical (unpaired) electrons. The van der Waals surface area contributed by atoms with Crippen LogP contribution in [0.1, 0.15) is 25.5 Å². The van der Waals surface area contributed by atoms with E-state index in [9.17, 15) is 4.79 Å². The van der Waals surface area contributed by atoms with Crippen molar-refractivity contribution in [2.75, 3.05) is 26.2 Å². The second kappa shape index (κ2) is 8.39. The molecule has 0 bridgehead atoms. The van der Waals surface area contributed by atoms with E-state index >= 15 is 0 Å². The van der Waals surface area contributed by atoms with Crippen molar-refractivity contribution in [3.8, 4) is 11.3 Å². The standard InChI is InChI=1S/C21H25ClN6O/c1-16(2)27-14-18(20(24-27)17-6-4-3-5-7-17)13-25-8-10-26(11-9-25)21(29)28-15-19(22)12-23-28/h3-7,12,14-16H,8-11,13H2,1-2H3. The maximum Gasteiger partial charge on any atom is 0.344 e. The van der Waals surface area contributed by atoms with Crippen LogP contribution in [0, 0.1) is 0 Å². The van der Waals surface area contributed by atoms with Gasteiger partial charge in [0.1, 0.15) is 0 Å². The van der Waals surface area contributed by atoms with E-state index in [0.29, 0.717) is 24.2 Å². The van der Waals surface area contributed by atoms with Gasteiger partial charge in [-0.1, -0.05) is 41.9 Å². The molecular formula is C21H25ClN6O. The Kier molecular flexibility index (Phi) is 5.69. The van der Waals surface area contributed by atoms with E-state index in [1.807, 2.05) is 27.8 Å². The number of rotatable bonds is 4. The zero-order valence-electron chi connectivity index (χ0n) is 16.7. The van der Waals surface area contributed by atoms with Crippen LogP contribution in [0.4, 0.5) is 4.79 Å². The first-order valence-electron chi connectivity index (χ1n) is 9.86. The van der Waals surface area contributed by atoms with Crippen molar-refractivity contribution in [2.45, 2.75) is 26.4 Å². The molecule has 1 amide bonds. The fourth-order valence-corrected chi connectivity index (χ4v) is 3.67. The maximum atomic E-state index is 12.5. The summed E-state index contributed by atoms with van der Waals surface area (Å²) in [6, 6.07) is 10.5. The molecule has 1 aliphatic heterocycles. The first kappa shape index (κ1) is 19.7. The molecule has 3 aromatic rings. The zero-order valence-corrected chi connectivity index (χ0v) is 17.5. The highest BCUT2D eigenvalue weighted by Gasteiger charge is 2.24. The van der Waals surface area contributed by atoms with Crippen molar-refractivity contribution < 1.29 is 4.79 Å². The van der Waals surface area contributed by atoms with E-state index < -0.39 is 0 Å². The SMILES string of the molecule is CC(C)n1cc(CN2CCN(C(=O)n3cc(Cl)cn3)CC2)c(-c2ccccc2)n1. The zero-order chi connectivity index (χ0) is 20.4. The third kappa shape index (κ3) is 4.36. The minimum absolute atomic E-state index is 0.130. The minimum Gasteiger partial charge on any atom is -0.320 e. The van der Waals surface area contributed by atoms with Gasteiger partial charge in [0.2, 0.25) is 0 Å². The average molecular weight is 413 g/mol. The Bertz CT molecular complexity index is 972. The van der Waals surface area contributed by atoms with Crippen LogP contribution < -0.4 is 0 Å². The summed E-state index contributed by atoms with van der Waals surface area (Å²) < 4.78 is 3.33. The summed E-state index contributed by atoms with van der Waals surface area (Å²) in [6.07, 6.45) is 5.17. The van der Waals surface area contributed by atoms with E-state index in [-0.39, 0.29) is 6.03 Å². The van der Waals surface area contributed by atoms with Crippen LogP contribution >= 0.6 is 11.6 Å². The molecule has 29 heavy (non-hydrogen) atoms. The molecular weight excluding hydrogens is 388 g/mol.